The van der Waals surface area contributed by atoms with Gasteiger partial charge in [0.15, 0.2) is 0 Å². The molecule has 129 heavy (non-hydrogen) atoms. The number of furan rings is 3. The van der Waals surface area contributed by atoms with Gasteiger partial charge in [-0.3, -0.25) is 0 Å². The molecule has 0 unspecified atom stereocenters. The Morgan fingerprint density at radius 2 is 0.465 bits per heavy atom. The smallest absolute Gasteiger partial charge is 0.136 e. The van der Waals surface area contributed by atoms with Crippen molar-refractivity contribution in [3.05, 3.63) is 460 Å². The summed E-state index contributed by atoms with van der Waals surface area (Å²) >= 11 is 0. The van der Waals surface area contributed by atoms with Gasteiger partial charge in [-0.25, -0.2) is 0 Å². The fourth-order valence-electron chi connectivity index (χ4n) is 17.0. The molecule has 25 aromatic carbocycles. The van der Waals surface area contributed by atoms with Crippen LogP contribution in [0.4, 0.5) is 0 Å². The minimum absolute atomic E-state index is 0.0367. The Bertz CT molecular complexity index is 13400. The molecule has 3 nitrogen and oxygen atoms in total. The highest BCUT2D eigenvalue weighted by Gasteiger charge is 2.26. The normalized spacial score (nSPS) is 18.7. The van der Waals surface area contributed by atoms with Gasteiger partial charge in [0.05, 0.1) is 86.4 Å². The van der Waals surface area contributed by atoms with E-state index in [4.69, 9.17) is 70.8 Å². The summed E-state index contributed by atoms with van der Waals surface area (Å²) in [6, 6.07) is -26.3. The highest BCUT2D eigenvalue weighted by Crippen LogP contribution is 2.53. The van der Waals surface area contributed by atoms with Gasteiger partial charge in [-0.05, 0) is 274 Å². The summed E-state index contributed by atoms with van der Waals surface area (Å²) in [4.78, 5) is 0. The van der Waals surface area contributed by atoms with Gasteiger partial charge in [-0.1, -0.05) is 393 Å². The van der Waals surface area contributed by atoms with Gasteiger partial charge in [-0.2, -0.15) is 0 Å². The van der Waals surface area contributed by atoms with Crippen LogP contribution in [0.5, 0.6) is 0 Å². The van der Waals surface area contributed by atoms with E-state index in [9.17, 15) is 28.8 Å². The van der Waals surface area contributed by atoms with E-state index in [2.05, 4.69) is 6.07 Å². The van der Waals surface area contributed by atoms with Crippen LogP contribution in [-0.4, -0.2) is 0 Å². The van der Waals surface area contributed by atoms with Gasteiger partial charge >= 0.3 is 0 Å². The first kappa shape index (κ1) is 34.5. The quantitative estimate of drug-likeness (QED) is 0.149. The Hall–Kier alpha value is -17.0. The molecule has 28 rings (SSSR count). The summed E-state index contributed by atoms with van der Waals surface area (Å²) in [6.07, 6.45) is 0. The van der Waals surface area contributed by atoms with Crippen molar-refractivity contribution < 1.29 is 99.6 Å². The lowest BCUT2D eigenvalue weighted by molar-refractivity contribution is 0.669. The molecule has 28 aromatic rings. The minimum atomic E-state index is -0.949. The van der Waals surface area contributed by atoms with E-state index in [1.807, 2.05) is 48.5 Å². The molecule has 598 valence electrons. The second-order valence-corrected chi connectivity index (χ2v) is 29.3. The summed E-state index contributed by atoms with van der Waals surface area (Å²) in [5.41, 5.74) is -5.11. The molecule has 0 N–H and O–H groups in total. The molecule has 0 amide bonds. The fourth-order valence-corrected chi connectivity index (χ4v) is 17.0. The molecule has 0 bridgehead atoms. The first-order chi connectivity index (χ1) is 90.2. The van der Waals surface area contributed by atoms with Crippen molar-refractivity contribution in [3.63, 3.8) is 0 Å². The van der Waals surface area contributed by atoms with Crippen molar-refractivity contribution >= 4 is 195 Å². The molecular formula is C126H76O3. The van der Waals surface area contributed by atoms with Crippen LogP contribution >= 0.6 is 0 Å². The van der Waals surface area contributed by atoms with E-state index in [0.717, 1.165) is 32.7 Å². The minimum Gasteiger partial charge on any atom is -0.456 e. The summed E-state index contributed by atoms with van der Waals surface area (Å²) in [7, 11) is 0. The summed E-state index contributed by atoms with van der Waals surface area (Å²) < 4.78 is 581. The lowest BCUT2D eigenvalue weighted by Gasteiger charge is -2.19. The second kappa shape index (κ2) is 29.9. The van der Waals surface area contributed by atoms with E-state index in [0.29, 0.717) is 16.7 Å². The van der Waals surface area contributed by atoms with Gasteiger partial charge in [0.2, 0.25) is 0 Å². The number of rotatable bonds is 7. The molecule has 0 aliphatic carbocycles. The molecule has 0 saturated heterocycles. The number of hydrogen-bond donors (Lipinski definition) is 0. The Balaban J connectivity index is 0.000000136. The molecule has 0 spiro atoms. The number of fused-ring (bicyclic) bond motifs is 21. The van der Waals surface area contributed by atoms with Gasteiger partial charge in [0.25, 0.3) is 0 Å². The fraction of sp³-hybridized carbons (Fsp3) is 0. The third kappa shape index (κ3) is 12.0. The van der Waals surface area contributed by atoms with E-state index in [1.54, 1.807) is 24.3 Å². The Morgan fingerprint density at radius 1 is 0.147 bits per heavy atom. The Morgan fingerprint density at radius 3 is 0.907 bits per heavy atom. The highest BCUT2D eigenvalue weighted by atomic mass is 16.3. The van der Waals surface area contributed by atoms with Crippen LogP contribution in [0.25, 0.3) is 273 Å². The van der Waals surface area contributed by atoms with Crippen LogP contribution in [0.3, 0.4) is 0 Å². The second-order valence-electron chi connectivity index (χ2n) is 29.3. The first-order valence-corrected chi connectivity index (χ1v) is 39.3. The molecule has 0 aliphatic heterocycles. The molecule has 3 aromatic heterocycles. The summed E-state index contributed by atoms with van der Waals surface area (Å²) in [5.74, 6) is 0. The average molecular weight is 1700 g/mol. The van der Waals surface area contributed by atoms with Crippen LogP contribution in [0.2, 0.25) is 0 Å². The zero-order valence-corrected chi connectivity index (χ0v) is 65.2. The van der Waals surface area contributed by atoms with E-state index >= 15 is 0 Å². The van der Waals surface area contributed by atoms with Crippen molar-refractivity contribution in [2.24, 2.45) is 0 Å². The lowest BCUT2D eigenvalue weighted by Crippen LogP contribution is -1.92. The molecule has 3 heteroatoms. The van der Waals surface area contributed by atoms with Crippen molar-refractivity contribution in [2.75, 3.05) is 0 Å². The molecule has 0 aliphatic rings. The van der Waals surface area contributed by atoms with Crippen molar-refractivity contribution in [2.45, 2.75) is 0 Å². The van der Waals surface area contributed by atoms with Crippen molar-refractivity contribution in [1.82, 2.24) is 0 Å². The molecule has 0 atom stereocenters. The van der Waals surface area contributed by atoms with Crippen molar-refractivity contribution in [3.8, 4) is 77.9 Å². The Kier molecular flexibility index (Phi) is 8.00. The van der Waals surface area contributed by atoms with E-state index in [1.165, 1.54) is 0 Å². The zero-order chi connectivity index (χ0) is 140. The summed E-state index contributed by atoms with van der Waals surface area (Å²) in [6.45, 7) is 0. The number of benzene rings is 25. The third-order valence-corrected chi connectivity index (χ3v) is 22.4. The van der Waals surface area contributed by atoms with Crippen molar-refractivity contribution in [1.29, 1.82) is 0 Å². The topological polar surface area (TPSA) is 39.4 Å². The standard InChI is InChI=1S/C46H28O.2C40H24O/c1-2-11-32-26-35(25-20-29(32)10-1)45-39-16-7-5-14-37(39)44(38-15-6-8-17-40(38)45)31-23-21-30(22-24-31)36-18-9-19-42-46(36)41-27-33-12-3-4-13-34(33)28-43(41)47-42;1-2-13-27-24-37-35(23-26(27)12-1)40-34(21-10-22-36(40)41-37)39-32-18-7-5-16-30(32)38(31-17-6-8-19-33(31)39)29-20-9-14-25-11-3-4-15-28(25)29;1-2-11-26-22-29(21-20-25(26)10-1)38-30-14-5-7-16-32(30)39(33-17-8-6-15-31(33)38)34-18-9-19-36-40(34)35-23-27-12-3-4-13-28(27)24-37(35)41-36/h1-28H;2*1-24H/i1D,2D,5D,6D,7D,8D,10D,11D,14D,15D,16D,17D,20D,25D,26D;2*1D,2D,3D,4D,5D,6D,7D,8D,9D,10D,11D,12D,13D,14D,15D,16D,17D,18D,19D,20D,21D,22D,23D,24D. The van der Waals surface area contributed by atoms with Crippen LogP contribution in [0, 0.1) is 0 Å². The van der Waals surface area contributed by atoms with Crippen LogP contribution in [0.15, 0.2) is 473 Å². The lowest BCUT2D eigenvalue weighted by atomic mass is 9.84. The molecule has 0 fully saturated rings. The Labute approximate surface area is 830 Å². The van der Waals surface area contributed by atoms with Gasteiger partial charge in [-0.15, -0.1) is 0 Å². The SMILES string of the molecule is [2H]c1c([2H])c(-c2c3c([2H])c([2H])c([2H])c([2H])c3c(-c3c([2H])c([2H])c([2H])c4c([2H])c([2H])c([2H])c([2H])c34)c3c([2H])c([2H])c([2H])c([2H])c23)c2c(oc3c([2H])c4c([2H])c([2H])c([2H])c([2H])c4c([2H])c32)c1[2H].[2H]c1c([2H])c(-c2c3c([2H])c([2H])c([2H])c([2H])c3c(-c3c([2H])c([2H])c4c([2H])c([2H])c([2H])c([2H])c4c3[2H])c3c([2H])c([2H])c([2H])c([2H])c23)c2c(oc3c([2H])c4c([2H])c([2H])c([2H])c([2H])c4c([2H])c32)c1[2H].[2H]c1c([2H])c([2H])c2c([2H])c(-c3c4c([2H])c([2H])c([2H])c([2H])c4c(-c4ccc(-c5cccc6oc7cc8ccccc8cc7c56)cc4)c4c([2H])c([2H])c([2H])c([2H])c34)c([2H])c([2H])c2c1[2H]. The molecule has 0 saturated carbocycles. The van der Waals surface area contributed by atoms with E-state index in [-0.39, 0.29) is 32.7 Å². The monoisotopic (exact) mass is 1700 g/mol. The van der Waals surface area contributed by atoms with Gasteiger partial charge in [0, 0.05) is 32.3 Å². The predicted molar refractivity (Wildman–Crippen MR) is 549 cm³/mol. The van der Waals surface area contributed by atoms with Crippen LogP contribution in [-0.2, 0) is 0 Å². The van der Waals surface area contributed by atoms with E-state index < -0.39 is 572 Å². The molecule has 0 radical (unpaired) electrons. The molecular weight excluding hydrogens is 1560 g/mol. The predicted octanol–water partition coefficient (Wildman–Crippen LogP) is 36.3. The van der Waals surface area contributed by atoms with Gasteiger partial charge in [0.1, 0.15) is 33.5 Å². The number of hydrogen-bond acceptors (Lipinski definition) is 3. The summed E-state index contributed by atoms with van der Waals surface area (Å²) in [5, 5.41) is -9.39. The first-order valence-electron chi connectivity index (χ1n) is 70.8. The van der Waals surface area contributed by atoms with Crippen LogP contribution in [0.1, 0.15) is 86.4 Å². The van der Waals surface area contributed by atoms with Crippen LogP contribution < -0.4 is 0 Å². The third-order valence-electron chi connectivity index (χ3n) is 22.4. The highest BCUT2D eigenvalue weighted by molar-refractivity contribution is 6.30. The largest absolute Gasteiger partial charge is 0.456 e. The maximum Gasteiger partial charge on any atom is 0.136 e. The molecule has 3 heterocycles. The zero-order valence-electron chi connectivity index (χ0n) is 128. The van der Waals surface area contributed by atoms with Gasteiger partial charge < -0.3 is 13.3 Å². The maximum atomic E-state index is 9.47. The average Bonchev–Trinajstić information content (AvgIpc) is 1.39. The maximum absolute atomic E-state index is 9.47.